The van der Waals surface area contributed by atoms with Crippen molar-refractivity contribution in [2.45, 2.75) is 20.8 Å². The molecule has 92 valence electrons. The van der Waals surface area contributed by atoms with Crippen molar-refractivity contribution < 1.29 is 4.52 Å². The molecule has 0 aliphatic rings. The Morgan fingerprint density at radius 1 is 1.17 bits per heavy atom. The molecule has 0 saturated heterocycles. The summed E-state index contributed by atoms with van der Waals surface area (Å²) in [6.45, 7) is 6.23. The molecule has 2 heterocycles. The van der Waals surface area contributed by atoms with Crippen LogP contribution in [0.2, 0.25) is 0 Å². The molecule has 0 aliphatic heterocycles. The monoisotopic (exact) mass is 241 g/mol. The molecule has 1 aromatic carbocycles. The van der Waals surface area contributed by atoms with Crippen molar-refractivity contribution in [2.24, 2.45) is 0 Å². The van der Waals surface area contributed by atoms with Gasteiger partial charge in [0, 0.05) is 28.2 Å². The fourth-order valence-corrected chi connectivity index (χ4v) is 2.52. The average molecular weight is 241 g/mol. The minimum absolute atomic E-state index is 0.336. The lowest BCUT2D eigenvalue weighted by Gasteiger charge is -2.00. The smallest absolute Gasteiger partial charge is 0.222 e. The summed E-state index contributed by atoms with van der Waals surface area (Å²) in [6, 6.07) is 6.08. The minimum Gasteiger partial charge on any atom is -0.368 e. The van der Waals surface area contributed by atoms with E-state index in [0.717, 1.165) is 22.5 Å². The number of rotatable bonds is 1. The summed E-state index contributed by atoms with van der Waals surface area (Å²) in [5, 5.41) is 5.17. The lowest BCUT2D eigenvalue weighted by molar-refractivity contribution is 0.439. The number of nitrogens with zero attached hydrogens (tertiary/aromatic N) is 1. The second-order valence-electron chi connectivity index (χ2n) is 4.74. The summed E-state index contributed by atoms with van der Waals surface area (Å²) in [6.07, 6.45) is 0. The Hall–Kier alpha value is -2.23. The number of benzene rings is 1. The van der Waals surface area contributed by atoms with E-state index in [1.165, 1.54) is 16.5 Å². The van der Waals surface area contributed by atoms with Gasteiger partial charge in [0.05, 0.1) is 0 Å². The van der Waals surface area contributed by atoms with Crippen LogP contribution < -0.4 is 5.73 Å². The number of fused-ring (bicyclic) bond motifs is 1. The van der Waals surface area contributed by atoms with E-state index in [0.29, 0.717) is 5.88 Å². The maximum Gasteiger partial charge on any atom is 0.222 e. The number of anilines is 1. The van der Waals surface area contributed by atoms with Crippen molar-refractivity contribution in [3.8, 4) is 11.3 Å². The van der Waals surface area contributed by atoms with Crippen molar-refractivity contribution in [2.75, 3.05) is 5.73 Å². The van der Waals surface area contributed by atoms with E-state index < -0.39 is 0 Å². The summed E-state index contributed by atoms with van der Waals surface area (Å²) in [4.78, 5) is 3.41. The first kappa shape index (κ1) is 10.9. The molecule has 0 atom stereocenters. The van der Waals surface area contributed by atoms with Gasteiger partial charge < -0.3 is 15.2 Å². The molecule has 4 heteroatoms. The standard InChI is InChI=1S/C14H15N3O/c1-7-4-8(2)14-10(5-7)13(9(3)16-14)11-6-12(15)18-17-11/h4-6,16H,15H2,1-3H3. The van der Waals surface area contributed by atoms with Crippen LogP contribution in [-0.2, 0) is 0 Å². The molecule has 18 heavy (non-hydrogen) atoms. The van der Waals surface area contributed by atoms with Crippen LogP contribution in [0, 0.1) is 20.8 Å². The van der Waals surface area contributed by atoms with E-state index in [9.17, 15) is 0 Å². The van der Waals surface area contributed by atoms with Gasteiger partial charge in [-0.15, -0.1) is 0 Å². The number of hydrogen-bond donors (Lipinski definition) is 2. The van der Waals surface area contributed by atoms with Crippen LogP contribution in [0.4, 0.5) is 5.88 Å². The van der Waals surface area contributed by atoms with Crippen LogP contribution in [0.3, 0.4) is 0 Å². The van der Waals surface area contributed by atoms with Crippen LogP contribution in [0.1, 0.15) is 16.8 Å². The van der Waals surface area contributed by atoms with E-state index >= 15 is 0 Å². The highest BCUT2D eigenvalue weighted by Gasteiger charge is 2.15. The molecule has 2 aromatic heterocycles. The Morgan fingerprint density at radius 3 is 2.61 bits per heavy atom. The fraction of sp³-hybridized carbons (Fsp3) is 0.214. The maximum absolute atomic E-state index is 5.60. The van der Waals surface area contributed by atoms with Gasteiger partial charge in [0.2, 0.25) is 5.88 Å². The van der Waals surface area contributed by atoms with Crippen molar-refractivity contribution >= 4 is 16.8 Å². The lowest BCUT2D eigenvalue weighted by Crippen LogP contribution is -1.81. The summed E-state index contributed by atoms with van der Waals surface area (Å²) in [5.74, 6) is 0.336. The molecular formula is C14H15N3O. The van der Waals surface area contributed by atoms with Crippen LogP contribution in [0.25, 0.3) is 22.2 Å². The van der Waals surface area contributed by atoms with Gasteiger partial charge in [-0.05, 0) is 32.4 Å². The summed E-state index contributed by atoms with van der Waals surface area (Å²) in [5.41, 5.74) is 12.1. The number of nitrogens with one attached hydrogen (secondary N) is 1. The first-order valence-corrected chi connectivity index (χ1v) is 5.88. The third kappa shape index (κ3) is 1.49. The van der Waals surface area contributed by atoms with E-state index in [4.69, 9.17) is 10.3 Å². The van der Waals surface area contributed by atoms with Gasteiger partial charge in [-0.25, -0.2) is 0 Å². The molecule has 3 aromatic rings. The minimum atomic E-state index is 0.336. The highest BCUT2D eigenvalue weighted by Crippen LogP contribution is 2.34. The Morgan fingerprint density at radius 2 is 1.94 bits per heavy atom. The summed E-state index contributed by atoms with van der Waals surface area (Å²) >= 11 is 0. The van der Waals surface area contributed by atoms with Gasteiger partial charge in [0.15, 0.2) is 0 Å². The van der Waals surface area contributed by atoms with E-state index in [1.807, 2.05) is 6.92 Å². The van der Waals surface area contributed by atoms with Gasteiger partial charge in [-0.1, -0.05) is 16.8 Å². The molecule has 4 nitrogen and oxygen atoms in total. The summed E-state index contributed by atoms with van der Waals surface area (Å²) in [7, 11) is 0. The lowest BCUT2D eigenvalue weighted by atomic mass is 10.0. The third-order valence-corrected chi connectivity index (χ3v) is 3.22. The topological polar surface area (TPSA) is 67.8 Å². The molecule has 0 fully saturated rings. The number of aromatic amines is 1. The zero-order chi connectivity index (χ0) is 12.9. The van der Waals surface area contributed by atoms with Gasteiger partial charge in [-0.3, -0.25) is 0 Å². The van der Waals surface area contributed by atoms with Gasteiger partial charge in [0.1, 0.15) is 5.69 Å². The molecule has 3 rings (SSSR count). The summed E-state index contributed by atoms with van der Waals surface area (Å²) < 4.78 is 4.97. The average Bonchev–Trinajstić information content (AvgIpc) is 2.82. The van der Waals surface area contributed by atoms with E-state index in [2.05, 4.69) is 36.1 Å². The highest BCUT2D eigenvalue weighted by molar-refractivity contribution is 5.98. The molecule has 0 bridgehead atoms. The molecule has 0 aliphatic carbocycles. The van der Waals surface area contributed by atoms with Crippen LogP contribution in [0.5, 0.6) is 0 Å². The number of aromatic nitrogens is 2. The molecule has 0 spiro atoms. The second kappa shape index (κ2) is 3.63. The largest absolute Gasteiger partial charge is 0.368 e. The number of nitrogens with two attached hydrogens (primary N) is 1. The second-order valence-corrected chi connectivity index (χ2v) is 4.74. The molecule has 3 N–H and O–H groups in total. The maximum atomic E-state index is 5.60. The number of hydrogen-bond acceptors (Lipinski definition) is 3. The fourth-order valence-electron chi connectivity index (χ4n) is 2.52. The van der Waals surface area contributed by atoms with Gasteiger partial charge in [-0.2, -0.15) is 0 Å². The van der Waals surface area contributed by atoms with Gasteiger partial charge >= 0.3 is 0 Å². The molecule has 0 radical (unpaired) electrons. The Balaban J connectivity index is 2.38. The number of nitrogen functional groups attached to an aromatic ring is 1. The van der Waals surface area contributed by atoms with Gasteiger partial charge in [0.25, 0.3) is 0 Å². The van der Waals surface area contributed by atoms with Crippen LogP contribution >= 0.6 is 0 Å². The van der Waals surface area contributed by atoms with Crippen molar-refractivity contribution in [1.82, 2.24) is 10.1 Å². The number of H-pyrrole nitrogens is 1. The quantitative estimate of drug-likeness (QED) is 0.686. The predicted octanol–water partition coefficient (Wildman–Crippen LogP) is 3.33. The normalized spacial score (nSPS) is 11.3. The molecule has 0 unspecified atom stereocenters. The molecular weight excluding hydrogens is 226 g/mol. The zero-order valence-corrected chi connectivity index (χ0v) is 10.7. The highest BCUT2D eigenvalue weighted by atomic mass is 16.5. The van der Waals surface area contributed by atoms with E-state index in [1.54, 1.807) is 6.07 Å². The predicted molar refractivity (Wildman–Crippen MR) is 72.4 cm³/mol. The van der Waals surface area contributed by atoms with Crippen molar-refractivity contribution in [3.63, 3.8) is 0 Å². The first-order valence-electron chi connectivity index (χ1n) is 5.88. The van der Waals surface area contributed by atoms with Crippen LogP contribution in [0.15, 0.2) is 22.7 Å². The SMILES string of the molecule is Cc1cc(C)c2[nH]c(C)c(-c3cc(N)on3)c2c1. The van der Waals surface area contributed by atoms with E-state index in [-0.39, 0.29) is 0 Å². The Kier molecular flexibility index (Phi) is 2.20. The molecule has 0 saturated carbocycles. The van der Waals surface area contributed by atoms with Crippen LogP contribution in [-0.4, -0.2) is 10.1 Å². The first-order chi connectivity index (χ1) is 8.56. The van der Waals surface area contributed by atoms with Crippen molar-refractivity contribution in [3.05, 3.63) is 35.0 Å². The zero-order valence-electron chi connectivity index (χ0n) is 10.7. The Labute approximate surface area is 105 Å². The Bertz CT molecular complexity index is 737. The number of aryl methyl sites for hydroxylation is 3. The molecule has 0 amide bonds. The van der Waals surface area contributed by atoms with Crippen molar-refractivity contribution in [1.29, 1.82) is 0 Å². The third-order valence-electron chi connectivity index (χ3n) is 3.22.